The van der Waals surface area contributed by atoms with Crippen molar-refractivity contribution >= 4 is 43.5 Å². The first kappa shape index (κ1) is 16.8. The zero-order chi connectivity index (χ0) is 13.4. The average molecular weight is 402 g/mol. The van der Waals surface area contributed by atoms with E-state index in [9.17, 15) is 26.3 Å². The summed E-state index contributed by atoms with van der Waals surface area (Å²) in [6, 6.07) is 0. The summed E-state index contributed by atoms with van der Waals surface area (Å²) in [7, 11) is 0. The predicted molar refractivity (Wildman–Crippen MR) is 52.9 cm³/mol. The molecule has 98 valence electrons. The van der Waals surface area contributed by atoms with Crippen molar-refractivity contribution in [2.45, 2.75) is 27.6 Å². The third-order valence-electron chi connectivity index (χ3n) is 1.47. The van der Waals surface area contributed by atoms with Crippen molar-refractivity contribution in [2.24, 2.45) is 0 Å². The van der Waals surface area contributed by atoms with Gasteiger partial charge < -0.3 is 4.74 Å². The van der Waals surface area contributed by atoms with Gasteiger partial charge in [-0.1, -0.05) is 0 Å². The van der Waals surface area contributed by atoms with Crippen LogP contribution in [0.25, 0.3) is 0 Å². The van der Waals surface area contributed by atoms with Crippen LogP contribution in [-0.4, -0.2) is 27.3 Å². The molecule has 0 aromatic rings. The molecule has 0 fully saturated rings. The lowest BCUT2D eigenvalue weighted by atomic mass is 10.2. The van der Waals surface area contributed by atoms with Crippen molar-refractivity contribution in [3.63, 3.8) is 0 Å². The normalized spacial score (nSPS) is 21.4. The van der Waals surface area contributed by atoms with Gasteiger partial charge in [0.2, 0.25) is 0 Å². The van der Waals surface area contributed by atoms with Crippen molar-refractivity contribution in [3.05, 3.63) is 0 Å². The van der Waals surface area contributed by atoms with Crippen molar-refractivity contribution in [3.8, 4) is 0 Å². The quantitative estimate of drug-likeness (QED) is 0.484. The van der Waals surface area contributed by atoms with E-state index in [2.05, 4.69) is 16.3 Å². The van der Waals surface area contributed by atoms with Gasteiger partial charge in [0.05, 0.1) is 0 Å². The molecule has 0 amide bonds. The largest absolute Gasteiger partial charge is 0.384 e. The molecule has 0 saturated carbocycles. The Kier molecular flexibility index (Phi) is 5.05. The van der Waals surface area contributed by atoms with E-state index in [1.807, 2.05) is 0 Å². The van der Waals surface area contributed by atoms with Crippen LogP contribution < -0.4 is 0 Å². The third kappa shape index (κ3) is 2.78. The molecule has 0 spiro atoms. The molecule has 0 N–H and O–H groups in total. The Hall–Kier alpha value is 0.790. The molecule has 0 aromatic heterocycles. The van der Waals surface area contributed by atoms with E-state index in [4.69, 9.17) is 0 Å². The second-order valence-electron chi connectivity index (χ2n) is 2.60. The van der Waals surface area contributed by atoms with E-state index in [0.717, 1.165) is 6.92 Å². The van der Waals surface area contributed by atoms with E-state index in [-0.39, 0.29) is 0 Å². The van der Waals surface area contributed by atoms with Gasteiger partial charge in [-0.2, -0.15) is 22.0 Å². The zero-order valence-electron chi connectivity index (χ0n) is 7.52. The first-order chi connectivity index (χ1) is 6.81. The molecule has 2 atom stereocenters. The predicted octanol–water partition coefficient (Wildman–Crippen LogP) is 4.57. The Bertz CT molecular complexity index is 252. The Morgan fingerprint density at radius 1 is 1.06 bits per heavy atom. The molecule has 0 aliphatic rings. The lowest BCUT2D eigenvalue weighted by Crippen LogP contribution is -2.61. The molecule has 0 rings (SSSR count). The minimum atomic E-state index is -5.00. The summed E-state index contributed by atoms with van der Waals surface area (Å²) in [4.78, 5) is -4.66. The summed E-state index contributed by atoms with van der Waals surface area (Å²) >= 11 is 7.22. The Balaban J connectivity index is 5.54. The van der Waals surface area contributed by atoms with Crippen LogP contribution in [0.15, 0.2) is 0 Å². The molecular formula is C6H5Br2ClF6O. The molecule has 0 aliphatic heterocycles. The van der Waals surface area contributed by atoms with Crippen LogP contribution in [-0.2, 0) is 4.74 Å². The van der Waals surface area contributed by atoms with Crippen LogP contribution in [0.1, 0.15) is 6.92 Å². The van der Waals surface area contributed by atoms with Crippen LogP contribution in [0, 0.1) is 0 Å². The summed E-state index contributed by atoms with van der Waals surface area (Å²) in [5, 5.41) is -5.00. The topological polar surface area (TPSA) is 9.23 Å². The second kappa shape index (κ2) is 4.81. The smallest absolute Gasteiger partial charge is 0.337 e. The molecular weight excluding hydrogens is 397 g/mol. The molecule has 0 heterocycles. The summed E-state index contributed by atoms with van der Waals surface area (Å²) in [5.41, 5.74) is 0. The molecule has 2 unspecified atom stereocenters. The van der Waals surface area contributed by atoms with Gasteiger partial charge in [0.1, 0.15) is 0 Å². The van der Waals surface area contributed by atoms with Crippen LogP contribution >= 0.6 is 43.5 Å². The standard InChI is InChI=1S/C6H5Br2ClF6O/c1-2-16-4(11,6(9,14)15)3(7,10)5(8,12)13/h2H2,1H3. The number of ether oxygens (including phenoxy) is 1. The van der Waals surface area contributed by atoms with Gasteiger partial charge in [0, 0.05) is 6.61 Å². The zero-order valence-corrected chi connectivity index (χ0v) is 11.4. The monoisotopic (exact) mass is 400 g/mol. The van der Waals surface area contributed by atoms with E-state index in [0.29, 0.717) is 0 Å². The highest BCUT2D eigenvalue weighted by Gasteiger charge is 2.77. The first-order valence-corrected chi connectivity index (χ1v) is 5.61. The first-order valence-electron chi connectivity index (χ1n) is 3.65. The minimum Gasteiger partial charge on any atom is -0.337 e. The van der Waals surface area contributed by atoms with Gasteiger partial charge in [0.15, 0.2) is 0 Å². The van der Waals surface area contributed by atoms with Crippen LogP contribution in [0.3, 0.4) is 0 Å². The van der Waals surface area contributed by atoms with Crippen molar-refractivity contribution in [2.75, 3.05) is 6.61 Å². The van der Waals surface area contributed by atoms with Gasteiger partial charge in [-0.3, -0.25) is 0 Å². The minimum absolute atomic E-state index is 0.792. The summed E-state index contributed by atoms with van der Waals surface area (Å²) in [6.45, 7) is 0.214. The van der Waals surface area contributed by atoms with E-state index in [1.165, 1.54) is 31.9 Å². The van der Waals surface area contributed by atoms with Gasteiger partial charge >= 0.3 is 20.6 Å². The fourth-order valence-corrected chi connectivity index (χ4v) is 1.65. The average Bonchev–Trinajstić information content (AvgIpc) is 1.99. The molecule has 0 radical (unpaired) electrons. The maximum atomic E-state index is 13.5. The van der Waals surface area contributed by atoms with Crippen molar-refractivity contribution < 1.29 is 31.1 Å². The van der Waals surface area contributed by atoms with E-state index < -0.39 is 27.3 Å². The highest BCUT2D eigenvalue weighted by Crippen LogP contribution is 2.57. The van der Waals surface area contributed by atoms with Crippen molar-refractivity contribution in [1.82, 2.24) is 0 Å². The Labute approximate surface area is 109 Å². The third-order valence-corrected chi connectivity index (χ3v) is 3.80. The van der Waals surface area contributed by atoms with E-state index in [1.54, 1.807) is 0 Å². The fourth-order valence-electron chi connectivity index (χ4n) is 0.732. The summed E-state index contributed by atoms with van der Waals surface area (Å²) < 4.78 is 76.6. The number of hydrogen-bond donors (Lipinski definition) is 0. The van der Waals surface area contributed by atoms with Gasteiger partial charge in [-0.05, 0) is 50.4 Å². The SMILES string of the molecule is CCOC(F)(C(F)(F)Cl)C(F)(Br)C(F)(F)Br. The molecule has 0 bridgehead atoms. The van der Waals surface area contributed by atoms with Crippen molar-refractivity contribution in [1.29, 1.82) is 0 Å². The van der Waals surface area contributed by atoms with Crippen LogP contribution in [0.5, 0.6) is 0 Å². The lowest BCUT2D eigenvalue weighted by Gasteiger charge is -2.38. The maximum absolute atomic E-state index is 13.5. The molecule has 0 aliphatic carbocycles. The molecule has 10 heteroatoms. The number of alkyl halides is 9. The highest BCUT2D eigenvalue weighted by atomic mass is 79.9. The van der Waals surface area contributed by atoms with Gasteiger partial charge in [-0.25, -0.2) is 4.39 Å². The van der Waals surface area contributed by atoms with E-state index >= 15 is 0 Å². The maximum Gasteiger partial charge on any atom is 0.384 e. The van der Waals surface area contributed by atoms with Gasteiger partial charge in [-0.15, -0.1) is 0 Å². The fraction of sp³-hybridized carbons (Fsp3) is 1.00. The lowest BCUT2D eigenvalue weighted by molar-refractivity contribution is -0.299. The second-order valence-corrected chi connectivity index (χ2v) is 5.16. The Morgan fingerprint density at radius 3 is 1.62 bits per heavy atom. The highest BCUT2D eigenvalue weighted by molar-refractivity contribution is 9.12. The van der Waals surface area contributed by atoms with Gasteiger partial charge in [0.25, 0.3) is 0 Å². The molecule has 1 nitrogen and oxygen atoms in total. The molecule has 16 heavy (non-hydrogen) atoms. The number of rotatable bonds is 5. The molecule has 0 saturated heterocycles. The Morgan fingerprint density at radius 2 is 1.44 bits per heavy atom. The summed E-state index contributed by atoms with van der Waals surface area (Å²) in [6.07, 6.45) is 0. The molecule has 0 aromatic carbocycles. The summed E-state index contributed by atoms with van der Waals surface area (Å²) in [5.74, 6) is -4.75. The number of halogens is 9. The number of hydrogen-bond acceptors (Lipinski definition) is 1. The van der Waals surface area contributed by atoms with Crippen LogP contribution in [0.2, 0.25) is 0 Å². The van der Waals surface area contributed by atoms with Crippen LogP contribution in [0.4, 0.5) is 26.3 Å².